The zero-order valence-electron chi connectivity index (χ0n) is 14.1. The Kier molecular flexibility index (Phi) is 4.13. The van der Waals surface area contributed by atoms with Crippen molar-refractivity contribution < 1.29 is 0 Å². The number of hydrazone groups is 1. The van der Waals surface area contributed by atoms with E-state index in [1.54, 1.807) is 0 Å². The number of aliphatic imine (C=N–C) groups is 1. The number of nitrogens with zero attached hydrogens (tertiary/aromatic N) is 3. The Labute approximate surface area is 148 Å². The van der Waals surface area contributed by atoms with Crippen LogP contribution in [0.5, 0.6) is 0 Å². The molecule has 0 N–H and O–H groups in total. The van der Waals surface area contributed by atoms with E-state index in [0.717, 1.165) is 28.1 Å². The van der Waals surface area contributed by atoms with Gasteiger partial charge in [-0.25, -0.2) is 0 Å². The zero-order chi connectivity index (χ0) is 17.1. The smallest absolute Gasteiger partial charge is 0.162 e. The molecule has 0 saturated carbocycles. The van der Waals surface area contributed by atoms with Gasteiger partial charge in [0.1, 0.15) is 5.71 Å². The fourth-order valence-electron chi connectivity index (χ4n) is 3.04. The molecule has 0 aliphatic carbocycles. The lowest BCUT2D eigenvalue weighted by molar-refractivity contribution is 0.262. The van der Waals surface area contributed by atoms with Crippen LogP contribution in [0.3, 0.4) is 0 Å². The Morgan fingerprint density at radius 3 is 1.68 bits per heavy atom. The first-order chi connectivity index (χ1) is 12.3. The van der Waals surface area contributed by atoms with E-state index in [2.05, 4.69) is 36.4 Å². The lowest BCUT2D eigenvalue weighted by Gasteiger charge is -2.29. The Bertz CT molecular complexity index is 900. The van der Waals surface area contributed by atoms with Gasteiger partial charge in [0.15, 0.2) is 6.17 Å². The van der Waals surface area contributed by atoms with E-state index in [9.17, 15) is 0 Å². The summed E-state index contributed by atoms with van der Waals surface area (Å²) >= 11 is 0. The first kappa shape index (κ1) is 15.3. The molecule has 0 spiro atoms. The van der Waals surface area contributed by atoms with Gasteiger partial charge in [-0.3, -0.25) is 10.0 Å². The molecule has 25 heavy (non-hydrogen) atoms. The normalized spacial score (nSPS) is 17.0. The largest absolute Gasteiger partial charge is 0.271 e. The van der Waals surface area contributed by atoms with E-state index in [1.165, 1.54) is 0 Å². The fourth-order valence-corrected chi connectivity index (χ4v) is 3.04. The summed E-state index contributed by atoms with van der Waals surface area (Å²) < 4.78 is 0. The predicted octanol–water partition coefficient (Wildman–Crippen LogP) is 4.52. The standard InChI is InChI=1S/C22H19N3/c1-25-22(19-15-9-4-10-16-19)23-20(17-11-5-2-6-12-17)21(24-25)18-13-7-3-8-14-18/h2-16,22H,1H3. The number of benzene rings is 3. The Hall–Kier alpha value is -3.20. The monoisotopic (exact) mass is 325 g/mol. The molecular formula is C22H19N3. The summed E-state index contributed by atoms with van der Waals surface area (Å²) in [6.45, 7) is 0. The van der Waals surface area contributed by atoms with Crippen LogP contribution < -0.4 is 0 Å². The average molecular weight is 325 g/mol. The second kappa shape index (κ2) is 6.73. The third-order valence-electron chi connectivity index (χ3n) is 4.28. The molecule has 0 aromatic heterocycles. The molecule has 1 aliphatic rings. The van der Waals surface area contributed by atoms with Crippen LogP contribution in [0.25, 0.3) is 0 Å². The molecule has 0 amide bonds. The van der Waals surface area contributed by atoms with Crippen LogP contribution in [0.4, 0.5) is 0 Å². The molecule has 3 heteroatoms. The maximum atomic E-state index is 5.07. The molecule has 0 bridgehead atoms. The molecule has 0 saturated heterocycles. The van der Waals surface area contributed by atoms with E-state index >= 15 is 0 Å². The summed E-state index contributed by atoms with van der Waals surface area (Å²) in [4.78, 5) is 5.07. The summed E-state index contributed by atoms with van der Waals surface area (Å²) in [5.74, 6) is 0. The van der Waals surface area contributed by atoms with Gasteiger partial charge in [0.2, 0.25) is 0 Å². The minimum atomic E-state index is -0.121. The highest BCUT2D eigenvalue weighted by molar-refractivity contribution is 6.53. The van der Waals surface area contributed by atoms with Crippen LogP contribution in [0.2, 0.25) is 0 Å². The molecule has 0 fully saturated rings. The van der Waals surface area contributed by atoms with Crippen molar-refractivity contribution >= 4 is 11.4 Å². The van der Waals surface area contributed by atoms with Crippen molar-refractivity contribution in [3.8, 4) is 0 Å². The number of rotatable bonds is 3. The summed E-state index contributed by atoms with van der Waals surface area (Å²) in [5.41, 5.74) is 5.12. The second-order valence-corrected chi connectivity index (χ2v) is 6.02. The van der Waals surface area contributed by atoms with Crippen LogP contribution in [0.15, 0.2) is 101 Å². The molecular weight excluding hydrogens is 306 g/mol. The topological polar surface area (TPSA) is 28.0 Å². The molecule has 1 atom stereocenters. The quantitative estimate of drug-likeness (QED) is 0.695. The van der Waals surface area contributed by atoms with Crippen molar-refractivity contribution in [1.82, 2.24) is 5.01 Å². The second-order valence-electron chi connectivity index (χ2n) is 6.02. The molecule has 122 valence electrons. The highest BCUT2D eigenvalue weighted by atomic mass is 15.5. The van der Waals surface area contributed by atoms with Gasteiger partial charge >= 0.3 is 0 Å². The van der Waals surface area contributed by atoms with Crippen molar-refractivity contribution in [2.24, 2.45) is 10.1 Å². The van der Waals surface area contributed by atoms with E-state index in [4.69, 9.17) is 10.1 Å². The molecule has 0 radical (unpaired) electrons. The van der Waals surface area contributed by atoms with Gasteiger partial charge < -0.3 is 0 Å². The van der Waals surface area contributed by atoms with Crippen molar-refractivity contribution in [1.29, 1.82) is 0 Å². The van der Waals surface area contributed by atoms with Crippen LogP contribution in [-0.2, 0) is 0 Å². The van der Waals surface area contributed by atoms with Gasteiger partial charge in [-0.15, -0.1) is 0 Å². The van der Waals surface area contributed by atoms with E-state index in [0.29, 0.717) is 0 Å². The van der Waals surface area contributed by atoms with Crippen molar-refractivity contribution in [3.05, 3.63) is 108 Å². The highest BCUT2D eigenvalue weighted by Gasteiger charge is 2.25. The minimum absolute atomic E-state index is 0.121. The van der Waals surface area contributed by atoms with Crippen LogP contribution in [0, 0.1) is 0 Å². The Balaban J connectivity index is 1.84. The molecule has 3 aromatic carbocycles. The van der Waals surface area contributed by atoms with Gasteiger partial charge in [-0.1, -0.05) is 91.0 Å². The van der Waals surface area contributed by atoms with Gasteiger partial charge in [0, 0.05) is 18.2 Å². The van der Waals surface area contributed by atoms with E-state index in [1.807, 2.05) is 66.7 Å². The lowest BCUT2D eigenvalue weighted by Crippen LogP contribution is -2.31. The molecule has 4 rings (SSSR count). The first-order valence-electron chi connectivity index (χ1n) is 8.38. The SMILES string of the molecule is CN1N=C(c2ccccc2)C(c2ccccc2)=NC1c1ccccc1. The lowest BCUT2D eigenvalue weighted by atomic mass is 9.98. The van der Waals surface area contributed by atoms with Gasteiger partial charge in [0.05, 0.1) is 5.71 Å². The third kappa shape index (κ3) is 3.09. The van der Waals surface area contributed by atoms with Crippen molar-refractivity contribution in [2.45, 2.75) is 6.17 Å². The van der Waals surface area contributed by atoms with E-state index in [-0.39, 0.29) is 6.17 Å². The summed E-state index contributed by atoms with van der Waals surface area (Å²) in [5, 5.41) is 6.82. The van der Waals surface area contributed by atoms with Gasteiger partial charge in [-0.05, 0) is 5.56 Å². The van der Waals surface area contributed by atoms with Crippen LogP contribution in [-0.4, -0.2) is 23.5 Å². The summed E-state index contributed by atoms with van der Waals surface area (Å²) in [6.07, 6.45) is -0.121. The minimum Gasteiger partial charge on any atom is -0.271 e. The summed E-state index contributed by atoms with van der Waals surface area (Å²) in [6, 6.07) is 30.8. The number of hydrogen-bond donors (Lipinski definition) is 0. The maximum absolute atomic E-state index is 5.07. The Morgan fingerprint density at radius 1 is 0.640 bits per heavy atom. The first-order valence-corrected chi connectivity index (χ1v) is 8.38. The molecule has 3 nitrogen and oxygen atoms in total. The van der Waals surface area contributed by atoms with Gasteiger partial charge in [-0.2, -0.15) is 5.10 Å². The third-order valence-corrected chi connectivity index (χ3v) is 4.28. The maximum Gasteiger partial charge on any atom is 0.162 e. The van der Waals surface area contributed by atoms with E-state index < -0.39 is 0 Å². The zero-order valence-corrected chi connectivity index (χ0v) is 14.1. The molecule has 1 unspecified atom stereocenters. The van der Waals surface area contributed by atoms with Gasteiger partial charge in [0.25, 0.3) is 0 Å². The molecule has 1 heterocycles. The number of hydrogen-bond acceptors (Lipinski definition) is 3. The average Bonchev–Trinajstić information content (AvgIpc) is 2.70. The predicted molar refractivity (Wildman–Crippen MR) is 103 cm³/mol. The van der Waals surface area contributed by atoms with Crippen molar-refractivity contribution in [2.75, 3.05) is 7.05 Å². The molecule has 1 aliphatic heterocycles. The van der Waals surface area contributed by atoms with Crippen LogP contribution in [0.1, 0.15) is 22.9 Å². The van der Waals surface area contributed by atoms with Crippen LogP contribution >= 0.6 is 0 Å². The molecule has 3 aromatic rings. The fraction of sp³-hybridized carbons (Fsp3) is 0.0909. The Morgan fingerprint density at radius 2 is 1.12 bits per heavy atom. The highest BCUT2D eigenvalue weighted by Crippen LogP contribution is 2.27. The van der Waals surface area contributed by atoms with Crippen molar-refractivity contribution in [3.63, 3.8) is 0 Å². The summed E-state index contributed by atoms with van der Waals surface area (Å²) in [7, 11) is 1.98.